The van der Waals surface area contributed by atoms with Crippen molar-refractivity contribution >= 4 is 37.9 Å². The lowest BCUT2D eigenvalue weighted by Crippen LogP contribution is -2.21. The zero-order chi connectivity index (χ0) is 17.2. The Labute approximate surface area is 155 Å². The van der Waals surface area contributed by atoms with Gasteiger partial charge in [-0.2, -0.15) is 0 Å². The number of rotatable bonds is 5. The molecule has 0 N–H and O–H groups in total. The number of halogens is 1. The first kappa shape index (κ1) is 16.9. The summed E-state index contributed by atoms with van der Waals surface area (Å²) in [6.45, 7) is 3.37. The Kier molecular flexibility index (Phi) is 5.01. The van der Waals surface area contributed by atoms with E-state index in [1.165, 1.54) is 5.52 Å². The summed E-state index contributed by atoms with van der Waals surface area (Å²) in [5.74, 6) is 1.71. The Morgan fingerprint density at radius 1 is 1.28 bits per heavy atom. The monoisotopic (exact) mass is 403 g/mol. The van der Waals surface area contributed by atoms with Crippen LogP contribution in [0.2, 0.25) is 0 Å². The molecule has 6 heteroatoms. The van der Waals surface area contributed by atoms with Gasteiger partial charge >= 0.3 is 0 Å². The maximum atomic E-state index is 5.53. The SMILES string of the molecule is COCCc1nc2cnc3ccc(Br)cc3c2n1CC1CCOCC1. The first-order valence-electron chi connectivity index (χ1n) is 8.76. The van der Waals surface area contributed by atoms with Gasteiger partial charge in [0, 0.05) is 43.1 Å². The molecule has 0 spiro atoms. The van der Waals surface area contributed by atoms with Gasteiger partial charge in [-0.3, -0.25) is 4.98 Å². The van der Waals surface area contributed by atoms with Crippen LogP contribution in [0.4, 0.5) is 0 Å². The maximum Gasteiger partial charge on any atom is 0.112 e. The van der Waals surface area contributed by atoms with Gasteiger partial charge in [0.05, 0.1) is 23.8 Å². The second kappa shape index (κ2) is 7.40. The number of nitrogens with zero attached hydrogens (tertiary/aromatic N) is 3. The minimum Gasteiger partial charge on any atom is -0.384 e. The Morgan fingerprint density at radius 2 is 2.12 bits per heavy atom. The summed E-state index contributed by atoms with van der Waals surface area (Å²) in [6.07, 6.45) is 4.92. The van der Waals surface area contributed by atoms with Gasteiger partial charge in [0.15, 0.2) is 0 Å². The van der Waals surface area contributed by atoms with Gasteiger partial charge in [-0.05, 0) is 37.0 Å². The van der Waals surface area contributed by atoms with Crippen molar-refractivity contribution in [2.75, 3.05) is 26.9 Å². The van der Waals surface area contributed by atoms with E-state index in [0.717, 1.165) is 65.7 Å². The van der Waals surface area contributed by atoms with Crippen molar-refractivity contribution in [2.24, 2.45) is 5.92 Å². The van der Waals surface area contributed by atoms with E-state index in [9.17, 15) is 0 Å². The molecule has 1 saturated heterocycles. The fourth-order valence-corrected chi connectivity index (χ4v) is 3.96. The van der Waals surface area contributed by atoms with Crippen molar-refractivity contribution in [1.82, 2.24) is 14.5 Å². The Hall–Kier alpha value is -1.50. The van der Waals surface area contributed by atoms with Crippen molar-refractivity contribution in [3.63, 3.8) is 0 Å². The minimum absolute atomic E-state index is 0.628. The van der Waals surface area contributed by atoms with Crippen LogP contribution in [0.5, 0.6) is 0 Å². The highest BCUT2D eigenvalue weighted by Gasteiger charge is 2.20. The number of imidazole rings is 1. The average molecular weight is 404 g/mol. The van der Waals surface area contributed by atoms with E-state index in [1.54, 1.807) is 7.11 Å². The van der Waals surface area contributed by atoms with E-state index in [0.29, 0.717) is 12.5 Å². The number of hydrogen-bond acceptors (Lipinski definition) is 4. The van der Waals surface area contributed by atoms with Gasteiger partial charge in [-0.1, -0.05) is 15.9 Å². The zero-order valence-corrected chi connectivity index (χ0v) is 16.0. The molecule has 1 fully saturated rings. The Morgan fingerprint density at radius 3 is 2.92 bits per heavy atom. The molecule has 1 aliphatic rings. The van der Waals surface area contributed by atoms with Gasteiger partial charge in [0.1, 0.15) is 11.3 Å². The molecule has 3 aromatic rings. The van der Waals surface area contributed by atoms with Gasteiger partial charge in [-0.15, -0.1) is 0 Å². The molecule has 3 heterocycles. The van der Waals surface area contributed by atoms with E-state index in [1.807, 2.05) is 12.3 Å². The van der Waals surface area contributed by atoms with E-state index in [-0.39, 0.29) is 0 Å². The van der Waals surface area contributed by atoms with Crippen LogP contribution in [-0.4, -0.2) is 41.5 Å². The first-order chi connectivity index (χ1) is 12.3. The van der Waals surface area contributed by atoms with Crippen LogP contribution in [0.25, 0.3) is 21.9 Å². The standard InChI is InChI=1S/C19H22BrN3O2/c1-24-7-6-18-22-17-11-21-16-3-2-14(20)10-15(16)19(17)23(18)12-13-4-8-25-9-5-13/h2-3,10-11,13H,4-9,12H2,1H3. The quantitative estimate of drug-likeness (QED) is 0.646. The summed E-state index contributed by atoms with van der Waals surface area (Å²) in [6, 6.07) is 6.23. The lowest BCUT2D eigenvalue weighted by atomic mass is 10.00. The minimum atomic E-state index is 0.628. The van der Waals surface area contributed by atoms with Gasteiger partial charge < -0.3 is 14.0 Å². The Balaban J connectivity index is 1.86. The summed E-state index contributed by atoms with van der Waals surface area (Å²) in [7, 11) is 1.74. The number of fused-ring (bicyclic) bond motifs is 3. The van der Waals surface area contributed by atoms with Crippen molar-refractivity contribution in [3.05, 3.63) is 34.7 Å². The normalized spacial score (nSPS) is 16.1. The molecule has 4 rings (SSSR count). The van der Waals surface area contributed by atoms with Crippen LogP contribution < -0.4 is 0 Å². The zero-order valence-electron chi connectivity index (χ0n) is 14.4. The molecule has 5 nitrogen and oxygen atoms in total. The molecule has 2 aromatic heterocycles. The van der Waals surface area contributed by atoms with Crippen molar-refractivity contribution in [2.45, 2.75) is 25.8 Å². The third-order valence-electron chi connectivity index (χ3n) is 4.92. The van der Waals surface area contributed by atoms with Crippen molar-refractivity contribution in [1.29, 1.82) is 0 Å². The smallest absolute Gasteiger partial charge is 0.112 e. The number of ether oxygens (including phenoxy) is 2. The van der Waals surface area contributed by atoms with Gasteiger partial charge in [-0.25, -0.2) is 4.98 Å². The third-order valence-corrected chi connectivity index (χ3v) is 5.42. The predicted molar refractivity (Wildman–Crippen MR) is 102 cm³/mol. The molecular formula is C19H22BrN3O2. The highest BCUT2D eigenvalue weighted by atomic mass is 79.9. The summed E-state index contributed by atoms with van der Waals surface area (Å²) in [5.41, 5.74) is 3.15. The second-order valence-electron chi connectivity index (χ2n) is 6.59. The molecule has 0 bridgehead atoms. The number of hydrogen-bond donors (Lipinski definition) is 0. The van der Waals surface area contributed by atoms with Crippen LogP contribution in [0.15, 0.2) is 28.9 Å². The van der Waals surface area contributed by atoms with Crippen LogP contribution in [-0.2, 0) is 22.4 Å². The summed E-state index contributed by atoms with van der Waals surface area (Å²) in [5, 5.41) is 1.15. The van der Waals surface area contributed by atoms with E-state index in [4.69, 9.17) is 14.5 Å². The average Bonchev–Trinajstić information content (AvgIpc) is 2.98. The lowest BCUT2D eigenvalue weighted by molar-refractivity contribution is 0.0612. The molecule has 1 aromatic carbocycles. The van der Waals surface area contributed by atoms with Crippen LogP contribution >= 0.6 is 15.9 Å². The van der Waals surface area contributed by atoms with Crippen molar-refractivity contribution < 1.29 is 9.47 Å². The highest BCUT2D eigenvalue weighted by Crippen LogP contribution is 2.29. The molecule has 0 unspecified atom stereocenters. The Bertz CT molecular complexity index is 887. The predicted octanol–water partition coefficient (Wildman–Crippen LogP) is 3.96. The van der Waals surface area contributed by atoms with Gasteiger partial charge in [0.2, 0.25) is 0 Å². The first-order valence-corrected chi connectivity index (χ1v) is 9.55. The molecule has 1 aliphatic heterocycles. The summed E-state index contributed by atoms with van der Waals surface area (Å²) < 4.78 is 14.3. The number of methoxy groups -OCH3 is 1. The fraction of sp³-hybridized carbons (Fsp3) is 0.474. The molecule has 132 valence electrons. The molecule has 0 radical (unpaired) electrons. The topological polar surface area (TPSA) is 49.2 Å². The van der Waals surface area contributed by atoms with E-state index in [2.05, 4.69) is 37.6 Å². The van der Waals surface area contributed by atoms with E-state index < -0.39 is 0 Å². The summed E-state index contributed by atoms with van der Waals surface area (Å²) in [4.78, 5) is 9.45. The van der Waals surface area contributed by atoms with Gasteiger partial charge in [0.25, 0.3) is 0 Å². The second-order valence-corrected chi connectivity index (χ2v) is 7.51. The molecular weight excluding hydrogens is 382 g/mol. The molecule has 0 amide bonds. The van der Waals surface area contributed by atoms with Crippen LogP contribution in [0.1, 0.15) is 18.7 Å². The molecule has 0 atom stereocenters. The number of benzene rings is 1. The van der Waals surface area contributed by atoms with Crippen LogP contribution in [0.3, 0.4) is 0 Å². The maximum absolute atomic E-state index is 5.53. The third kappa shape index (κ3) is 3.43. The lowest BCUT2D eigenvalue weighted by Gasteiger charge is -2.23. The van der Waals surface area contributed by atoms with Crippen molar-refractivity contribution in [3.8, 4) is 0 Å². The molecule has 0 aliphatic carbocycles. The molecule has 0 saturated carbocycles. The summed E-state index contributed by atoms with van der Waals surface area (Å²) >= 11 is 3.60. The fourth-order valence-electron chi connectivity index (χ4n) is 3.60. The largest absolute Gasteiger partial charge is 0.384 e. The molecule has 25 heavy (non-hydrogen) atoms. The number of aromatic nitrogens is 3. The van der Waals surface area contributed by atoms with Crippen LogP contribution in [0, 0.1) is 5.92 Å². The highest BCUT2D eigenvalue weighted by molar-refractivity contribution is 9.10. The van der Waals surface area contributed by atoms with E-state index >= 15 is 0 Å². The number of pyridine rings is 1.